The molecule has 0 unspecified atom stereocenters. The van der Waals surface area contributed by atoms with Crippen molar-refractivity contribution < 1.29 is 19.4 Å². The number of esters is 1. The number of ether oxygens (including phenoxy) is 1. The maximum atomic E-state index is 13.2. The highest BCUT2D eigenvalue weighted by atomic mass is 16.5. The van der Waals surface area contributed by atoms with Gasteiger partial charge in [-0.15, -0.1) is 0 Å². The van der Waals surface area contributed by atoms with Crippen LogP contribution >= 0.6 is 0 Å². The Morgan fingerprint density at radius 3 is 1.79 bits per heavy atom. The number of hydrogen-bond donors (Lipinski definition) is 0. The second-order valence-electron chi connectivity index (χ2n) is 7.48. The van der Waals surface area contributed by atoms with E-state index in [9.17, 15) is 14.7 Å². The van der Waals surface area contributed by atoms with E-state index >= 15 is 0 Å². The average molecular weight is 385 g/mol. The Morgan fingerprint density at radius 2 is 1.31 bits per heavy atom. The van der Waals surface area contributed by atoms with Crippen LogP contribution in [-0.2, 0) is 9.59 Å². The smallest absolute Gasteiger partial charge is 0.315 e. The Kier molecular flexibility index (Phi) is 5.17. The summed E-state index contributed by atoms with van der Waals surface area (Å²) in [6, 6.07) is 25.8. The highest BCUT2D eigenvalue weighted by Gasteiger charge is 2.56. The summed E-state index contributed by atoms with van der Waals surface area (Å²) in [5.41, 5.74) is 2.59. The topological polar surface area (TPSA) is 66.4 Å². The largest absolute Gasteiger partial charge is 0.550 e. The number of benzene rings is 3. The van der Waals surface area contributed by atoms with E-state index in [-0.39, 0.29) is 0 Å². The lowest BCUT2D eigenvalue weighted by atomic mass is 9.52. The first-order valence-electron chi connectivity index (χ1n) is 9.65. The Balaban J connectivity index is 1.72. The van der Waals surface area contributed by atoms with Crippen LogP contribution in [0.4, 0.5) is 0 Å². The molecule has 29 heavy (non-hydrogen) atoms. The van der Waals surface area contributed by atoms with E-state index in [4.69, 9.17) is 4.74 Å². The second-order valence-corrected chi connectivity index (χ2v) is 7.48. The Bertz CT molecular complexity index is 966. The van der Waals surface area contributed by atoms with Gasteiger partial charge in [0, 0.05) is 23.7 Å². The number of aliphatic carboxylic acids is 1. The lowest BCUT2D eigenvalue weighted by Gasteiger charge is -2.51. The molecular formula is C25H21O4-. The number of carbonyl (C=O) groups excluding carboxylic acids is 2. The first-order valence-corrected chi connectivity index (χ1v) is 9.65. The van der Waals surface area contributed by atoms with Crippen molar-refractivity contribution in [1.29, 1.82) is 0 Å². The molecule has 0 saturated heterocycles. The van der Waals surface area contributed by atoms with E-state index in [2.05, 4.69) is 0 Å². The van der Waals surface area contributed by atoms with Crippen molar-refractivity contribution in [2.24, 2.45) is 11.8 Å². The summed E-state index contributed by atoms with van der Waals surface area (Å²) >= 11 is 0. The fraction of sp³-hybridized carbons (Fsp3) is 0.200. The molecule has 1 fully saturated rings. The van der Waals surface area contributed by atoms with Gasteiger partial charge in [0.25, 0.3) is 0 Å². The maximum Gasteiger partial charge on any atom is 0.315 e. The number of rotatable bonds is 5. The van der Waals surface area contributed by atoms with E-state index in [1.807, 2.05) is 79.7 Å². The Labute approximate surface area is 169 Å². The standard InChI is InChI=1S/C25H22O4/c1-16-9-8-14-19(15-16)29-25(28)23-20(17-10-4-2-5-11-17)22(24(26)27)21(23)18-12-6-3-7-13-18/h2-15,20-23H,1H3,(H,26,27)/p-1/t20-,21-,22?,23?/m0/s1. The molecule has 3 aromatic carbocycles. The van der Waals surface area contributed by atoms with Crippen molar-refractivity contribution in [3.8, 4) is 5.75 Å². The summed E-state index contributed by atoms with van der Waals surface area (Å²) in [4.78, 5) is 25.3. The van der Waals surface area contributed by atoms with Gasteiger partial charge < -0.3 is 14.6 Å². The van der Waals surface area contributed by atoms with Gasteiger partial charge in [-0.2, -0.15) is 0 Å². The fourth-order valence-electron chi connectivity index (χ4n) is 4.38. The van der Waals surface area contributed by atoms with Crippen molar-refractivity contribution in [2.45, 2.75) is 18.8 Å². The van der Waals surface area contributed by atoms with Crippen LogP contribution < -0.4 is 9.84 Å². The number of carbonyl (C=O) groups is 2. The third-order valence-corrected chi connectivity index (χ3v) is 5.67. The zero-order valence-corrected chi connectivity index (χ0v) is 16.0. The minimum atomic E-state index is -1.15. The molecule has 0 amide bonds. The molecule has 0 aliphatic heterocycles. The molecule has 4 rings (SSSR count). The maximum absolute atomic E-state index is 13.2. The average Bonchev–Trinajstić information content (AvgIpc) is 2.68. The second kappa shape index (κ2) is 7.92. The van der Waals surface area contributed by atoms with E-state index in [1.165, 1.54) is 0 Å². The van der Waals surface area contributed by atoms with Crippen molar-refractivity contribution in [2.75, 3.05) is 0 Å². The summed E-state index contributed by atoms with van der Waals surface area (Å²) in [7, 11) is 0. The highest BCUT2D eigenvalue weighted by Crippen LogP contribution is 2.57. The van der Waals surface area contributed by atoms with Gasteiger partial charge in [0.1, 0.15) is 5.75 Å². The molecule has 0 N–H and O–H groups in total. The van der Waals surface area contributed by atoms with Crippen LogP contribution in [0.3, 0.4) is 0 Å². The molecule has 4 heteroatoms. The van der Waals surface area contributed by atoms with Gasteiger partial charge >= 0.3 is 5.97 Å². The van der Waals surface area contributed by atoms with Gasteiger partial charge in [0.2, 0.25) is 0 Å². The van der Waals surface area contributed by atoms with Crippen molar-refractivity contribution in [1.82, 2.24) is 0 Å². The Hall–Kier alpha value is -3.40. The predicted molar refractivity (Wildman–Crippen MR) is 107 cm³/mol. The molecule has 1 aliphatic rings. The third kappa shape index (κ3) is 3.66. The van der Waals surface area contributed by atoms with Crippen LogP contribution in [0.25, 0.3) is 0 Å². The minimum absolute atomic E-state index is 0.421. The van der Waals surface area contributed by atoms with Crippen LogP contribution in [0, 0.1) is 18.8 Å². The zero-order valence-electron chi connectivity index (χ0n) is 16.0. The molecular weight excluding hydrogens is 364 g/mol. The van der Waals surface area contributed by atoms with Crippen LogP contribution in [-0.4, -0.2) is 11.9 Å². The molecule has 1 saturated carbocycles. The normalized spacial score (nSPS) is 23.1. The Morgan fingerprint density at radius 1 is 0.759 bits per heavy atom. The van der Waals surface area contributed by atoms with Gasteiger partial charge in [-0.05, 0) is 35.7 Å². The van der Waals surface area contributed by atoms with Crippen LogP contribution in [0.2, 0.25) is 0 Å². The van der Waals surface area contributed by atoms with Crippen LogP contribution in [0.15, 0.2) is 84.9 Å². The minimum Gasteiger partial charge on any atom is -0.550 e. The lowest BCUT2D eigenvalue weighted by Crippen LogP contribution is -2.55. The SMILES string of the molecule is Cc1cccc(OC(=O)C2[C@@H](c3ccccc3)C(C(=O)[O-])[C@@H]2c2ccccc2)c1. The molecule has 146 valence electrons. The molecule has 0 bridgehead atoms. The number of carboxylic acid groups (broad SMARTS) is 1. The lowest BCUT2D eigenvalue weighted by molar-refractivity contribution is -0.317. The summed E-state index contributed by atoms with van der Waals surface area (Å²) in [5.74, 6) is -3.50. The van der Waals surface area contributed by atoms with E-state index in [0.717, 1.165) is 16.7 Å². The number of aryl methyl sites for hydroxylation is 1. The highest BCUT2D eigenvalue weighted by molar-refractivity contribution is 5.85. The van der Waals surface area contributed by atoms with Gasteiger partial charge in [0.15, 0.2) is 0 Å². The quantitative estimate of drug-likeness (QED) is 0.498. The molecule has 0 heterocycles. The van der Waals surface area contributed by atoms with Gasteiger partial charge in [-0.1, -0.05) is 72.8 Å². The molecule has 1 aliphatic carbocycles. The summed E-state index contributed by atoms with van der Waals surface area (Å²) in [6.45, 7) is 1.92. The van der Waals surface area contributed by atoms with E-state index < -0.39 is 35.6 Å². The number of carboxylic acids is 1. The van der Waals surface area contributed by atoms with Crippen molar-refractivity contribution >= 4 is 11.9 Å². The molecule has 0 spiro atoms. The summed E-state index contributed by atoms with van der Waals surface area (Å²) in [6.07, 6.45) is 0. The molecule has 0 radical (unpaired) electrons. The van der Waals surface area contributed by atoms with E-state index in [0.29, 0.717) is 5.75 Å². The molecule has 3 aromatic rings. The van der Waals surface area contributed by atoms with E-state index in [1.54, 1.807) is 12.1 Å². The summed E-state index contributed by atoms with van der Waals surface area (Å²) < 4.78 is 5.68. The van der Waals surface area contributed by atoms with Gasteiger partial charge in [-0.25, -0.2) is 0 Å². The van der Waals surface area contributed by atoms with Gasteiger partial charge in [-0.3, -0.25) is 4.79 Å². The predicted octanol–water partition coefficient (Wildman–Crippen LogP) is 3.46. The van der Waals surface area contributed by atoms with Crippen LogP contribution in [0.1, 0.15) is 28.5 Å². The first kappa shape index (κ1) is 18.9. The van der Waals surface area contributed by atoms with Crippen molar-refractivity contribution in [3.05, 3.63) is 102 Å². The summed E-state index contributed by atoms with van der Waals surface area (Å²) in [5, 5.41) is 12.1. The molecule has 0 aromatic heterocycles. The van der Waals surface area contributed by atoms with Gasteiger partial charge in [0.05, 0.1) is 5.92 Å². The third-order valence-electron chi connectivity index (χ3n) is 5.67. The first-order chi connectivity index (χ1) is 14.1. The van der Waals surface area contributed by atoms with Crippen LogP contribution in [0.5, 0.6) is 5.75 Å². The molecule has 4 nitrogen and oxygen atoms in total. The zero-order chi connectivity index (χ0) is 20.4. The number of hydrogen-bond acceptors (Lipinski definition) is 4. The fourth-order valence-corrected chi connectivity index (χ4v) is 4.38. The monoisotopic (exact) mass is 385 g/mol. The molecule has 2 atom stereocenters. The van der Waals surface area contributed by atoms with Crippen molar-refractivity contribution in [3.63, 3.8) is 0 Å².